The lowest BCUT2D eigenvalue weighted by Gasteiger charge is -2.17. The smallest absolute Gasteiger partial charge is 0.265 e. The number of aromatic hydroxyl groups is 1. The molecular formula is C21H23N3O2. The van der Waals surface area contributed by atoms with E-state index in [9.17, 15) is 9.90 Å². The van der Waals surface area contributed by atoms with E-state index in [1.54, 1.807) is 41.8 Å². The van der Waals surface area contributed by atoms with Crippen LogP contribution in [0.5, 0.6) is 5.75 Å². The molecule has 0 aliphatic heterocycles. The Kier molecular flexibility index (Phi) is 5.78. The Hall–Kier alpha value is -3.13. The van der Waals surface area contributed by atoms with Crippen molar-refractivity contribution in [3.63, 3.8) is 0 Å². The fourth-order valence-corrected chi connectivity index (χ4v) is 2.72. The number of benzene rings is 2. The molecule has 0 atom stereocenters. The molecule has 0 spiro atoms. The average Bonchev–Trinajstić information content (AvgIpc) is 2.66. The molecule has 0 aliphatic rings. The largest absolute Gasteiger partial charge is 0.508 e. The molecule has 1 N–H and O–H groups in total. The van der Waals surface area contributed by atoms with E-state index in [2.05, 4.69) is 11.1 Å². The molecule has 5 nitrogen and oxygen atoms in total. The van der Waals surface area contributed by atoms with E-state index in [-0.39, 0.29) is 17.2 Å². The lowest BCUT2D eigenvalue weighted by molar-refractivity contribution is 0.472. The van der Waals surface area contributed by atoms with Crippen molar-refractivity contribution < 1.29 is 5.11 Å². The minimum absolute atomic E-state index is 0.0134. The topological polar surface area (TPSA) is 78.9 Å². The lowest BCUT2D eigenvalue weighted by atomic mass is 10.1. The van der Waals surface area contributed by atoms with Gasteiger partial charge in [0, 0.05) is 11.5 Å². The highest BCUT2D eigenvalue weighted by Crippen LogP contribution is 2.25. The van der Waals surface area contributed by atoms with Crippen LogP contribution < -0.4 is 5.56 Å². The minimum Gasteiger partial charge on any atom is -0.508 e. The predicted molar refractivity (Wildman–Crippen MR) is 104 cm³/mol. The van der Waals surface area contributed by atoms with Gasteiger partial charge in [0.1, 0.15) is 11.6 Å². The van der Waals surface area contributed by atoms with Crippen LogP contribution in [0.3, 0.4) is 0 Å². The Morgan fingerprint density at radius 2 is 1.73 bits per heavy atom. The van der Waals surface area contributed by atoms with Gasteiger partial charge in [-0.3, -0.25) is 9.36 Å². The number of fused-ring (bicyclic) bond motifs is 1. The molecule has 26 heavy (non-hydrogen) atoms. The van der Waals surface area contributed by atoms with Crippen LogP contribution in [-0.4, -0.2) is 14.7 Å². The summed E-state index contributed by atoms with van der Waals surface area (Å²) in [5.41, 5.74) is 2.14. The first kappa shape index (κ1) is 19.2. The molecule has 3 aromatic rings. The van der Waals surface area contributed by atoms with E-state index in [4.69, 9.17) is 5.26 Å². The normalized spacial score (nSPS) is 10.3. The molecule has 0 amide bonds. The minimum atomic E-state index is -0.184. The zero-order chi connectivity index (χ0) is 19.4. The third kappa shape index (κ3) is 3.31. The van der Waals surface area contributed by atoms with Crippen LogP contribution in [0.25, 0.3) is 16.6 Å². The first-order chi connectivity index (χ1) is 12.4. The summed E-state index contributed by atoms with van der Waals surface area (Å²) in [6, 6.07) is 12.0. The summed E-state index contributed by atoms with van der Waals surface area (Å²) in [5, 5.41) is 19.3. The second-order valence-electron chi connectivity index (χ2n) is 6.03. The number of nitriles is 1. The zero-order valence-corrected chi connectivity index (χ0v) is 15.7. The standard InChI is InChI=1S/C19H17N3O2.C2H6/c1-11(2)18-21-17-12(3)16(23)9-8-15(17)19(24)22(18)14-6-4-13(10-20)5-7-14;1-2/h4-9,11,23H,1-3H3;1-2H3. The van der Waals surface area contributed by atoms with Gasteiger partial charge in [-0.1, -0.05) is 27.7 Å². The van der Waals surface area contributed by atoms with Crippen LogP contribution >= 0.6 is 0 Å². The van der Waals surface area contributed by atoms with Gasteiger partial charge in [0.05, 0.1) is 28.2 Å². The highest BCUT2D eigenvalue weighted by atomic mass is 16.3. The van der Waals surface area contributed by atoms with E-state index < -0.39 is 0 Å². The quantitative estimate of drug-likeness (QED) is 0.743. The Labute approximate surface area is 153 Å². The molecule has 0 radical (unpaired) electrons. The van der Waals surface area contributed by atoms with Gasteiger partial charge in [0.25, 0.3) is 5.56 Å². The van der Waals surface area contributed by atoms with Crippen LogP contribution in [0.2, 0.25) is 0 Å². The molecule has 0 saturated carbocycles. The van der Waals surface area contributed by atoms with E-state index in [1.165, 1.54) is 6.07 Å². The van der Waals surface area contributed by atoms with Crippen molar-refractivity contribution in [2.24, 2.45) is 0 Å². The first-order valence-corrected chi connectivity index (χ1v) is 8.69. The summed E-state index contributed by atoms with van der Waals surface area (Å²) in [6.07, 6.45) is 0. The van der Waals surface area contributed by atoms with Gasteiger partial charge in [-0.2, -0.15) is 5.26 Å². The number of nitrogens with zero attached hydrogens (tertiary/aromatic N) is 3. The Balaban J connectivity index is 0.00000117. The molecule has 2 aromatic carbocycles. The molecule has 1 heterocycles. The highest BCUT2D eigenvalue weighted by Gasteiger charge is 2.17. The van der Waals surface area contributed by atoms with Gasteiger partial charge in [-0.15, -0.1) is 0 Å². The van der Waals surface area contributed by atoms with Crippen molar-refractivity contribution in [1.29, 1.82) is 5.26 Å². The van der Waals surface area contributed by atoms with E-state index in [0.717, 1.165) is 0 Å². The van der Waals surface area contributed by atoms with E-state index >= 15 is 0 Å². The molecule has 0 fully saturated rings. The molecule has 1 aromatic heterocycles. The highest BCUT2D eigenvalue weighted by molar-refractivity contribution is 5.83. The van der Waals surface area contributed by atoms with Gasteiger partial charge < -0.3 is 5.11 Å². The maximum atomic E-state index is 13.0. The zero-order valence-electron chi connectivity index (χ0n) is 15.7. The van der Waals surface area contributed by atoms with Gasteiger partial charge in [-0.25, -0.2) is 4.98 Å². The first-order valence-electron chi connectivity index (χ1n) is 8.69. The maximum Gasteiger partial charge on any atom is 0.265 e. The molecule has 0 bridgehead atoms. The Bertz CT molecular complexity index is 1030. The molecule has 0 aliphatic carbocycles. The van der Waals surface area contributed by atoms with Crippen LogP contribution in [0.1, 0.15) is 50.6 Å². The van der Waals surface area contributed by atoms with Crippen molar-refractivity contribution in [3.05, 3.63) is 63.7 Å². The van der Waals surface area contributed by atoms with E-state index in [1.807, 2.05) is 27.7 Å². The lowest BCUT2D eigenvalue weighted by Crippen LogP contribution is -2.25. The van der Waals surface area contributed by atoms with Crippen molar-refractivity contribution in [1.82, 2.24) is 9.55 Å². The second-order valence-corrected chi connectivity index (χ2v) is 6.03. The van der Waals surface area contributed by atoms with Crippen molar-refractivity contribution in [2.45, 2.75) is 40.5 Å². The van der Waals surface area contributed by atoms with Gasteiger partial charge >= 0.3 is 0 Å². The summed E-state index contributed by atoms with van der Waals surface area (Å²) < 4.78 is 1.57. The maximum absolute atomic E-state index is 13.0. The fraction of sp³-hybridized carbons (Fsp3) is 0.286. The number of rotatable bonds is 2. The number of phenolic OH excluding ortho intramolecular Hbond substituents is 1. The second kappa shape index (κ2) is 7.83. The van der Waals surface area contributed by atoms with Gasteiger partial charge in [-0.05, 0) is 43.3 Å². The molecule has 0 saturated heterocycles. The predicted octanol–water partition coefficient (Wildman–Crippen LogP) is 4.42. The number of hydrogen-bond donors (Lipinski definition) is 1. The van der Waals surface area contributed by atoms with Crippen LogP contribution in [0.4, 0.5) is 0 Å². The summed E-state index contributed by atoms with van der Waals surface area (Å²) >= 11 is 0. The number of aromatic nitrogens is 2. The third-order valence-corrected chi connectivity index (χ3v) is 4.06. The van der Waals surface area contributed by atoms with Gasteiger partial charge in [0.2, 0.25) is 0 Å². The number of hydrogen-bond acceptors (Lipinski definition) is 4. The third-order valence-electron chi connectivity index (χ3n) is 4.06. The molecule has 134 valence electrons. The van der Waals surface area contributed by atoms with Crippen LogP contribution in [-0.2, 0) is 0 Å². The van der Waals surface area contributed by atoms with Crippen molar-refractivity contribution in [2.75, 3.05) is 0 Å². The SMILES string of the molecule is CC.Cc1c(O)ccc2c(=O)n(-c3ccc(C#N)cc3)c(C(C)C)nc12. The fourth-order valence-electron chi connectivity index (χ4n) is 2.72. The summed E-state index contributed by atoms with van der Waals surface area (Å²) in [4.78, 5) is 17.7. The van der Waals surface area contributed by atoms with Crippen LogP contribution in [0, 0.1) is 18.3 Å². The average molecular weight is 349 g/mol. The number of phenols is 1. The molecule has 3 rings (SSSR count). The molecular weight excluding hydrogens is 326 g/mol. The van der Waals surface area contributed by atoms with Crippen molar-refractivity contribution in [3.8, 4) is 17.5 Å². The van der Waals surface area contributed by atoms with Crippen LogP contribution in [0.15, 0.2) is 41.2 Å². The van der Waals surface area contributed by atoms with Crippen molar-refractivity contribution >= 4 is 10.9 Å². The number of aryl methyl sites for hydroxylation is 1. The van der Waals surface area contributed by atoms with E-state index in [0.29, 0.717) is 33.5 Å². The summed E-state index contributed by atoms with van der Waals surface area (Å²) in [7, 11) is 0. The molecule has 5 heteroatoms. The van der Waals surface area contributed by atoms with Gasteiger partial charge in [0.15, 0.2) is 0 Å². The monoisotopic (exact) mass is 349 g/mol. The molecule has 0 unspecified atom stereocenters. The Morgan fingerprint density at radius 1 is 1.12 bits per heavy atom. The Morgan fingerprint density at radius 3 is 2.27 bits per heavy atom. The summed E-state index contributed by atoms with van der Waals surface area (Å²) in [5.74, 6) is 0.755. The summed E-state index contributed by atoms with van der Waals surface area (Å²) in [6.45, 7) is 9.68.